The smallest absolute Gasteiger partial charge is 0.323 e. The summed E-state index contributed by atoms with van der Waals surface area (Å²) in [6.07, 6.45) is 1.80. The van der Waals surface area contributed by atoms with Crippen LogP contribution in [0, 0.1) is 18.3 Å². The van der Waals surface area contributed by atoms with Gasteiger partial charge in [0.25, 0.3) is 0 Å². The number of nitriles is 1. The molecule has 1 fully saturated rings. The molecule has 0 unspecified atom stereocenters. The zero-order chi connectivity index (χ0) is 22.8. The first kappa shape index (κ1) is 21.0. The summed E-state index contributed by atoms with van der Waals surface area (Å²) in [5, 5.41) is 13.7. The number of urea groups is 1. The molecular formula is C24H20N6O2S. The summed E-state index contributed by atoms with van der Waals surface area (Å²) < 4.78 is 5.33. The molecule has 0 spiro atoms. The molecule has 1 N–H and O–H groups in total. The van der Waals surface area contributed by atoms with Crippen molar-refractivity contribution < 1.29 is 9.53 Å². The Morgan fingerprint density at radius 1 is 1.15 bits per heavy atom. The molecule has 8 nitrogen and oxygen atoms in total. The normalized spacial score (nSPS) is 13.6. The number of ether oxygens (including phenoxy) is 1. The number of morpholine rings is 1. The van der Waals surface area contributed by atoms with Crippen LogP contribution in [0.2, 0.25) is 0 Å². The number of nitrogens with one attached hydrogen (secondary N) is 1. The minimum absolute atomic E-state index is 0.196. The van der Waals surface area contributed by atoms with Crippen molar-refractivity contribution >= 4 is 33.4 Å². The highest BCUT2D eigenvalue weighted by Gasteiger charge is 2.21. The number of rotatable bonds is 3. The predicted molar refractivity (Wildman–Crippen MR) is 127 cm³/mol. The zero-order valence-electron chi connectivity index (χ0n) is 17.9. The first-order valence-electron chi connectivity index (χ1n) is 10.5. The van der Waals surface area contributed by atoms with Crippen molar-refractivity contribution in [2.45, 2.75) is 6.92 Å². The molecule has 1 aliphatic heterocycles. The largest absolute Gasteiger partial charge is 0.378 e. The second-order valence-corrected chi connectivity index (χ2v) is 8.61. The summed E-state index contributed by atoms with van der Waals surface area (Å²) in [5.41, 5.74) is 3.88. The third-order valence-electron chi connectivity index (χ3n) is 5.37. The van der Waals surface area contributed by atoms with Gasteiger partial charge in [0.1, 0.15) is 5.82 Å². The van der Waals surface area contributed by atoms with Crippen molar-refractivity contribution in [3.8, 4) is 27.8 Å². The minimum atomic E-state index is -0.196. The van der Waals surface area contributed by atoms with Gasteiger partial charge in [-0.25, -0.2) is 19.7 Å². The number of anilines is 1. The second kappa shape index (κ2) is 8.94. The van der Waals surface area contributed by atoms with Crippen LogP contribution in [0.25, 0.3) is 32.6 Å². The monoisotopic (exact) mass is 456 g/mol. The summed E-state index contributed by atoms with van der Waals surface area (Å²) in [5.74, 6) is 0.718. The maximum absolute atomic E-state index is 12.7. The van der Waals surface area contributed by atoms with Gasteiger partial charge < -0.3 is 9.64 Å². The third-order valence-corrected chi connectivity index (χ3v) is 6.39. The Kier molecular flexibility index (Phi) is 5.69. The fraction of sp³-hybridized carbons (Fsp3) is 0.208. The van der Waals surface area contributed by atoms with E-state index in [4.69, 9.17) is 9.72 Å². The molecule has 2 aromatic carbocycles. The molecule has 2 aromatic heterocycles. The zero-order valence-corrected chi connectivity index (χ0v) is 18.7. The molecule has 9 heteroatoms. The Bertz CT molecular complexity index is 1390. The van der Waals surface area contributed by atoms with E-state index in [1.54, 1.807) is 23.2 Å². The number of hydrogen-bond donors (Lipinski definition) is 1. The topological polar surface area (TPSA) is 104 Å². The number of amides is 2. The average molecular weight is 457 g/mol. The molecule has 0 atom stereocenters. The molecule has 164 valence electrons. The van der Waals surface area contributed by atoms with Gasteiger partial charge in [0.2, 0.25) is 0 Å². The standard InChI is InChI=1S/C24H20N6O2S/c1-15-26-14-19-12-18(5-6-20(19)27-15)22-21(17-4-2-3-16(11-17)13-25)28-23(33-22)29-24(31)30-7-9-32-10-8-30/h2-6,11-12,14H,7-10H2,1H3,(H,28,29,31). The lowest BCUT2D eigenvalue weighted by atomic mass is 10.0. The van der Waals surface area contributed by atoms with E-state index >= 15 is 0 Å². The van der Waals surface area contributed by atoms with E-state index in [0.717, 1.165) is 32.7 Å². The highest BCUT2D eigenvalue weighted by molar-refractivity contribution is 7.19. The van der Waals surface area contributed by atoms with Gasteiger partial charge in [-0.05, 0) is 36.8 Å². The van der Waals surface area contributed by atoms with Crippen LogP contribution in [0.15, 0.2) is 48.7 Å². The molecule has 2 amide bonds. The molecule has 5 rings (SSSR count). The van der Waals surface area contributed by atoms with Gasteiger partial charge in [0.15, 0.2) is 5.13 Å². The number of aryl methyl sites for hydroxylation is 1. The number of thiazole rings is 1. The van der Waals surface area contributed by atoms with Gasteiger partial charge in [0.05, 0.1) is 40.9 Å². The fourth-order valence-corrected chi connectivity index (χ4v) is 4.68. The van der Waals surface area contributed by atoms with E-state index in [1.807, 2.05) is 37.3 Å². The first-order chi connectivity index (χ1) is 16.1. The molecule has 3 heterocycles. The lowest BCUT2D eigenvalue weighted by Crippen LogP contribution is -2.43. The number of aromatic nitrogens is 3. The molecule has 4 aromatic rings. The van der Waals surface area contributed by atoms with Crippen LogP contribution in [-0.4, -0.2) is 52.2 Å². The molecule has 0 radical (unpaired) electrons. The lowest BCUT2D eigenvalue weighted by Gasteiger charge is -2.26. The highest BCUT2D eigenvalue weighted by Crippen LogP contribution is 2.40. The maximum atomic E-state index is 12.7. The Labute approximate surface area is 194 Å². The fourth-order valence-electron chi connectivity index (χ4n) is 3.71. The van der Waals surface area contributed by atoms with Crippen molar-refractivity contribution in [2.75, 3.05) is 31.6 Å². The van der Waals surface area contributed by atoms with Gasteiger partial charge in [-0.1, -0.05) is 29.5 Å². The number of benzene rings is 2. The van der Waals surface area contributed by atoms with Crippen LogP contribution in [0.4, 0.5) is 9.93 Å². The maximum Gasteiger partial charge on any atom is 0.323 e. The minimum Gasteiger partial charge on any atom is -0.378 e. The van der Waals surface area contributed by atoms with Crippen molar-refractivity contribution in [3.63, 3.8) is 0 Å². The average Bonchev–Trinajstić information content (AvgIpc) is 3.28. The molecule has 0 saturated carbocycles. The van der Waals surface area contributed by atoms with Crippen LogP contribution < -0.4 is 5.32 Å². The quantitative estimate of drug-likeness (QED) is 0.488. The second-order valence-electron chi connectivity index (χ2n) is 7.61. The summed E-state index contributed by atoms with van der Waals surface area (Å²) in [6.45, 7) is 4.01. The van der Waals surface area contributed by atoms with Crippen LogP contribution in [0.5, 0.6) is 0 Å². The van der Waals surface area contributed by atoms with Gasteiger partial charge in [-0.2, -0.15) is 5.26 Å². The van der Waals surface area contributed by atoms with Crippen LogP contribution in [0.1, 0.15) is 11.4 Å². The molecular weight excluding hydrogens is 436 g/mol. The third kappa shape index (κ3) is 4.39. The van der Waals surface area contributed by atoms with Crippen LogP contribution in [-0.2, 0) is 4.74 Å². The number of hydrogen-bond acceptors (Lipinski definition) is 7. The predicted octanol–water partition coefficient (Wildman–Crippen LogP) is 4.46. The van der Waals surface area contributed by atoms with E-state index < -0.39 is 0 Å². The molecule has 0 aliphatic carbocycles. The van der Waals surface area contributed by atoms with Gasteiger partial charge in [-0.3, -0.25) is 5.32 Å². The summed E-state index contributed by atoms with van der Waals surface area (Å²) in [7, 11) is 0. The molecule has 1 aliphatic rings. The number of carbonyl (C=O) groups excluding carboxylic acids is 1. The van der Waals surface area contributed by atoms with Crippen molar-refractivity contribution in [2.24, 2.45) is 0 Å². The van der Waals surface area contributed by atoms with Crippen LogP contribution >= 0.6 is 11.3 Å². The number of carbonyl (C=O) groups is 1. The van der Waals surface area contributed by atoms with E-state index in [9.17, 15) is 10.1 Å². The molecule has 0 bridgehead atoms. The highest BCUT2D eigenvalue weighted by atomic mass is 32.1. The van der Waals surface area contributed by atoms with Crippen molar-refractivity contribution in [3.05, 3.63) is 60.0 Å². The molecule has 1 saturated heterocycles. The Morgan fingerprint density at radius 2 is 2.00 bits per heavy atom. The van der Waals surface area contributed by atoms with Crippen LogP contribution in [0.3, 0.4) is 0 Å². The number of nitrogens with zero attached hydrogens (tertiary/aromatic N) is 5. The van der Waals surface area contributed by atoms with E-state index in [-0.39, 0.29) is 6.03 Å². The summed E-state index contributed by atoms with van der Waals surface area (Å²) in [6, 6.07) is 15.3. The summed E-state index contributed by atoms with van der Waals surface area (Å²) in [4.78, 5) is 28.9. The first-order valence-corrected chi connectivity index (χ1v) is 11.3. The van der Waals surface area contributed by atoms with Crippen molar-refractivity contribution in [1.29, 1.82) is 5.26 Å². The van der Waals surface area contributed by atoms with Gasteiger partial charge in [-0.15, -0.1) is 0 Å². The van der Waals surface area contributed by atoms with E-state index in [1.165, 1.54) is 11.3 Å². The molecule has 33 heavy (non-hydrogen) atoms. The lowest BCUT2D eigenvalue weighted by molar-refractivity contribution is 0.0564. The number of fused-ring (bicyclic) bond motifs is 1. The Hall–Kier alpha value is -3.87. The SMILES string of the molecule is Cc1ncc2cc(-c3sc(NC(=O)N4CCOCC4)nc3-c3cccc(C#N)c3)ccc2n1. The Balaban J connectivity index is 1.57. The van der Waals surface area contributed by atoms with Gasteiger partial charge in [0, 0.05) is 30.2 Å². The van der Waals surface area contributed by atoms with Gasteiger partial charge >= 0.3 is 6.03 Å². The summed E-state index contributed by atoms with van der Waals surface area (Å²) >= 11 is 1.40. The van der Waals surface area contributed by atoms with E-state index in [2.05, 4.69) is 21.4 Å². The van der Waals surface area contributed by atoms with Crippen molar-refractivity contribution in [1.82, 2.24) is 19.9 Å². The Morgan fingerprint density at radius 3 is 2.82 bits per heavy atom. The van der Waals surface area contributed by atoms with E-state index in [0.29, 0.717) is 42.7 Å².